The molecule has 2 atom stereocenters. The highest BCUT2D eigenvalue weighted by Gasteiger charge is 2.19. The summed E-state index contributed by atoms with van der Waals surface area (Å²) in [7, 11) is 0. The van der Waals surface area contributed by atoms with Gasteiger partial charge >= 0.3 is 0 Å². The minimum atomic E-state index is -0.0426. The normalized spacial score (nSPS) is 14.7. The Morgan fingerprint density at radius 1 is 0.857 bits per heavy atom. The van der Waals surface area contributed by atoms with Crippen LogP contribution in [-0.2, 0) is 9.59 Å². The van der Waals surface area contributed by atoms with Gasteiger partial charge in [-0.1, -0.05) is 39.5 Å². The number of rotatable bonds is 9. The molecule has 0 bridgehead atoms. The molecule has 0 aliphatic carbocycles. The van der Waals surface area contributed by atoms with Gasteiger partial charge in [0.2, 0.25) is 0 Å². The lowest BCUT2D eigenvalue weighted by Crippen LogP contribution is -2.17. The van der Waals surface area contributed by atoms with Gasteiger partial charge in [-0.3, -0.25) is 0 Å². The fraction of sp³-hybridized carbons (Fsp3) is 0.833. The van der Waals surface area contributed by atoms with Gasteiger partial charge in [0.1, 0.15) is 12.6 Å². The molecule has 0 amide bonds. The molecule has 0 aliphatic heterocycles. The van der Waals surface area contributed by atoms with Crippen molar-refractivity contribution in [3.05, 3.63) is 0 Å². The van der Waals surface area contributed by atoms with E-state index in [1.54, 1.807) is 0 Å². The Kier molecular flexibility index (Phi) is 8.50. The van der Waals surface area contributed by atoms with E-state index < -0.39 is 0 Å². The first-order valence-corrected chi connectivity index (χ1v) is 5.70. The molecule has 2 heteroatoms. The number of carbonyl (C=O) groups excluding carboxylic acids is 2. The summed E-state index contributed by atoms with van der Waals surface area (Å²) in [6.45, 7) is 4.20. The van der Waals surface area contributed by atoms with Crippen molar-refractivity contribution in [1.82, 2.24) is 0 Å². The Hall–Kier alpha value is -0.660. The summed E-state index contributed by atoms with van der Waals surface area (Å²) in [4.78, 5) is 21.6. The molecule has 0 fully saturated rings. The van der Waals surface area contributed by atoms with E-state index in [4.69, 9.17) is 0 Å². The molecule has 82 valence electrons. The minimum Gasteiger partial charge on any atom is -0.303 e. The second-order valence-corrected chi connectivity index (χ2v) is 3.88. The monoisotopic (exact) mass is 198 g/mol. The third-order valence-corrected chi connectivity index (χ3v) is 2.68. The number of hydrogen-bond acceptors (Lipinski definition) is 2. The molecule has 0 aromatic rings. The standard InChI is InChI=1S/C12H22O2/c1-3-5-7-11(9-13)12(10-14)8-6-4-2/h9-12H,3-8H2,1-2H3. The van der Waals surface area contributed by atoms with Crippen LogP contribution in [0.2, 0.25) is 0 Å². The first-order valence-electron chi connectivity index (χ1n) is 5.70. The fourth-order valence-corrected chi connectivity index (χ4v) is 1.65. The van der Waals surface area contributed by atoms with Crippen LogP contribution in [0.5, 0.6) is 0 Å². The Labute approximate surface area is 87.1 Å². The quantitative estimate of drug-likeness (QED) is 0.534. The molecule has 0 saturated carbocycles. The third-order valence-electron chi connectivity index (χ3n) is 2.68. The van der Waals surface area contributed by atoms with Gasteiger partial charge in [-0.15, -0.1) is 0 Å². The lowest BCUT2D eigenvalue weighted by molar-refractivity contribution is -0.119. The minimum absolute atomic E-state index is 0.0426. The predicted octanol–water partition coefficient (Wildman–Crippen LogP) is 3.00. The second-order valence-electron chi connectivity index (χ2n) is 3.88. The van der Waals surface area contributed by atoms with E-state index >= 15 is 0 Å². The molecule has 0 aliphatic rings. The van der Waals surface area contributed by atoms with Crippen LogP contribution in [0.25, 0.3) is 0 Å². The van der Waals surface area contributed by atoms with Crippen molar-refractivity contribution >= 4 is 12.6 Å². The molecule has 0 aromatic carbocycles. The number of aldehydes is 2. The third kappa shape index (κ3) is 5.15. The summed E-state index contributed by atoms with van der Waals surface area (Å²) in [6.07, 6.45) is 7.92. The zero-order chi connectivity index (χ0) is 10.8. The molecular weight excluding hydrogens is 176 g/mol. The highest BCUT2D eigenvalue weighted by atomic mass is 16.1. The van der Waals surface area contributed by atoms with Crippen molar-refractivity contribution < 1.29 is 9.59 Å². The molecule has 0 radical (unpaired) electrons. The number of unbranched alkanes of at least 4 members (excludes halogenated alkanes) is 2. The number of hydrogen-bond donors (Lipinski definition) is 0. The zero-order valence-electron chi connectivity index (χ0n) is 9.37. The zero-order valence-corrected chi connectivity index (χ0v) is 9.37. The maximum Gasteiger partial charge on any atom is 0.123 e. The first kappa shape index (κ1) is 13.3. The maximum atomic E-state index is 10.8. The van der Waals surface area contributed by atoms with Gasteiger partial charge < -0.3 is 9.59 Å². The van der Waals surface area contributed by atoms with Crippen LogP contribution in [0.4, 0.5) is 0 Å². The van der Waals surface area contributed by atoms with Gasteiger partial charge in [0, 0.05) is 11.8 Å². The topological polar surface area (TPSA) is 34.1 Å². The van der Waals surface area contributed by atoms with Crippen molar-refractivity contribution in [1.29, 1.82) is 0 Å². The van der Waals surface area contributed by atoms with Crippen LogP contribution in [-0.4, -0.2) is 12.6 Å². The van der Waals surface area contributed by atoms with E-state index in [2.05, 4.69) is 13.8 Å². The predicted molar refractivity (Wildman–Crippen MR) is 58.2 cm³/mol. The molecular formula is C12H22O2. The molecule has 0 aromatic heterocycles. The average Bonchev–Trinajstić information content (AvgIpc) is 2.23. The van der Waals surface area contributed by atoms with Crippen LogP contribution in [0, 0.1) is 11.8 Å². The van der Waals surface area contributed by atoms with E-state index in [1.807, 2.05) is 0 Å². The average molecular weight is 198 g/mol. The summed E-state index contributed by atoms with van der Waals surface area (Å²) in [6, 6.07) is 0. The van der Waals surface area contributed by atoms with E-state index in [0.29, 0.717) is 0 Å². The van der Waals surface area contributed by atoms with Crippen LogP contribution >= 0.6 is 0 Å². The summed E-state index contributed by atoms with van der Waals surface area (Å²) >= 11 is 0. The molecule has 0 saturated heterocycles. The molecule has 2 unspecified atom stereocenters. The molecule has 14 heavy (non-hydrogen) atoms. The smallest absolute Gasteiger partial charge is 0.123 e. The van der Waals surface area contributed by atoms with Gasteiger partial charge in [-0.2, -0.15) is 0 Å². The highest BCUT2D eigenvalue weighted by Crippen LogP contribution is 2.20. The highest BCUT2D eigenvalue weighted by molar-refractivity contribution is 5.64. The molecule has 0 heterocycles. The van der Waals surface area contributed by atoms with E-state index in [-0.39, 0.29) is 11.8 Å². The van der Waals surface area contributed by atoms with Crippen LogP contribution in [0.1, 0.15) is 52.4 Å². The van der Waals surface area contributed by atoms with Crippen molar-refractivity contribution in [3.63, 3.8) is 0 Å². The summed E-state index contributed by atoms with van der Waals surface area (Å²) < 4.78 is 0. The van der Waals surface area contributed by atoms with Crippen molar-refractivity contribution in [2.45, 2.75) is 52.4 Å². The molecule has 0 rings (SSSR count). The van der Waals surface area contributed by atoms with Gasteiger partial charge in [-0.25, -0.2) is 0 Å². The van der Waals surface area contributed by atoms with Crippen LogP contribution in [0.15, 0.2) is 0 Å². The van der Waals surface area contributed by atoms with Crippen molar-refractivity contribution in [2.24, 2.45) is 11.8 Å². The van der Waals surface area contributed by atoms with Crippen LogP contribution in [0.3, 0.4) is 0 Å². The van der Waals surface area contributed by atoms with Gasteiger partial charge in [0.25, 0.3) is 0 Å². The first-order chi connectivity index (χ1) is 6.79. The maximum absolute atomic E-state index is 10.8. The summed E-state index contributed by atoms with van der Waals surface area (Å²) in [5.41, 5.74) is 0. The van der Waals surface area contributed by atoms with Gasteiger partial charge in [0.15, 0.2) is 0 Å². The van der Waals surface area contributed by atoms with E-state index in [1.165, 1.54) is 0 Å². The Morgan fingerprint density at radius 3 is 1.43 bits per heavy atom. The lowest BCUT2D eigenvalue weighted by atomic mass is 9.86. The Morgan fingerprint density at radius 2 is 1.21 bits per heavy atom. The molecule has 0 N–H and O–H groups in total. The largest absolute Gasteiger partial charge is 0.303 e. The van der Waals surface area contributed by atoms with Crippen molar-refractivity contribution in [3.8, 4) is 0 Å². The Balaban J connectivity index is 4.00. The Bertz CT molecular complexity index is 136. The van der Waals surface area contributed by atoms with E-state index in [0.717, 1.165) is 51.1 Å². The SMILES string of the molecule is CCCCC(C=O)C(C=O)CCCC. The molecule has 0 spiro atoms. The van der Waals surface area contributed by atoms with Gasteiger partial charge in [-0.05, 0) is 12.8 Å². The van der Waals surface area contributed by atoms with Gasteiger partial charge in [0.05, 0.1) is 0 Å². The summed E-state index contributed by atoms with van der Waals surface area (Å²) in [5.74, 6) is -0.0852. The van der Waals surface area contributed by atoms with Crippen LogP contribution < -0.4 is 0 Å². The number of carbonyl (C=O) groups is 2. The summed E-state index contributed by atoms with van der Waals surface area (Å²) in [5, 5.41) is 0. The fourth-order valence-electron chi connectivity index (χ4n) is 1.65. The second kappa shape index (κ2) is 8.92. The lowest BCUT2D eigenvalue weighted by Gasteiger charge is -2.16. The molecule has 2 nitrogen and oxygen atoms in total. The van der Waals surface area contributed by atoms with E-state index in [9.17, 15) is 9.59 Å². The van der Waals surface area contributed by atoms with Crippen molar-refractivity contribution in [2.75, 3.05) is 0 Å².